The predicted molar refractivity (Wildman–Crippen MR) is 32.0 cm³/mol. The number of hydrazine groups is 1. The highest BCUT2D eigenvalue weighted by molar-refractivity contribution is 5.82. The average Bonchev–Trinajstić information content (AvgIpc) is 2.15. The average molecular weight is 144 g/mol. The SMILES string of the molecule is O=C(O)CN1NCCC1=O. The molecule has 0 spiro atoms. The van der Waals surface area contributed by atoms with Crippen molar-refractivity contribution in [3.8, 4) is 0 Å². The highest BCUT2D eigenvalue weighted by atomic mass is 16.4. The van der Waals surface area contributed by atoms with E-state index < -0.39 is 5.97 Å². The Morgan fingerprint density at radius 1 is 1.80 bits per heavy atom. The first kappa shape index (κ1) is 7.01. The van der Waals surface area contributed by atoms with E-state index in [0.29, 0.717) is 13.0 Å². The molecule has 1 aliphatic rings. The van der Waals surface area contributed by atoms with Crippen LogP contribution in [0.1, 0.15) is 6.42 Å². The molecule has 56 valence electrons. The molecule has 0 aromatic heterocycles. The summed E-state index contributed by atoms with van der Waals surface area (Å²) in [7, 11) is 0. The number of aliphatic carboxylic acids is 1. The lowest BCUT2D eigenvalue weighted by molar-refractivity contribution is -0.144. The highest BCUT2D eigenvalue weighted by Crippen LogP contribution is 1.96. The van der Waals surface area contributed by atoms with Gasteiger partial charge in [-0.15, -0.1) is 0 Å². The third kappa shape index (κ3) is 1.44. The Morgan fingerprint density at radius 2 is 2.50 bits per heavy atom. The van der Waals surface area contributed by atoms with Gasteiger partial charge < -0.3 is 5.11 Å². The van der Waals surface area contributed by atoms with Crippen molar-refractivity contribution in [3.63, 3.8) is 0 Å². The third-order valence-electron chi connectivity index (χ3n) is 1.24. The van der Waals surface area contributed by atoms with Gasteiger partial charge in [0.2, 0.25) is 5.91 Å². The number of hydrogen-bond acceptors (Lipinski definition) is 3. The zero-order chi connectivity index (χ0) is 7.56. The van der Waals surface area contributed by atoms with Crippen LogP contribution >= 0.6 is 0 Å². The number of carboxylic acids is 1. The van der Waals surface area contributed by atoms with E-state index in [1.165, 1.54) is 0 Å². The van der Waals surface area contributed by atoms with Crippen LogP contribution in [-0.4, -0.2) is 35.1 Å². The maximum atomic E-state index is 10.7. The molecule has 10 heavy (non-hydrogen) atoms. The van der Waals surface area contributed by atoms with E-state index in [1.807, 2.05) is 0 Å². The summed E-state index contributed by atoms with van der Waals surface area (Å²) in [6.45, 7) is 0.297. The van der Waals surface area contributed by atoms with Crippen LogP contribution in [0.25, 0.3) is 0 Å². The molecule has 0 bridgehead atoms. The van der Waals surface area contributed by atoms with Crippen LogP contribution in [-0.2, 0) is 9.59 Å². The Bertz CT molecular complexity index is 168. The Kier molecular flexibility index (Phi) is 1.86. The Labute approximate surface area is 57.6 Å². The van der Waals surface area contributed by atoms with Gasteiger partial charge in [-0.2, -0.15) is 0 Å². The van der Waals surface area contributed by atoms with Crippen molar-refractivity contribution in [3.05, 3.63) is 0 Å². The molecule has 5 nitrogen and oxygen atoms in total. The van der Waals surface area contributed by atoms with Crippen molar-refractivity contribution in [1.82, 2.24) is 10.4 Å². The fourth-order valence-electron chi connectivity index (χ4n) is 0.800. The summed E-state index contributed by atoms with van der Waals surface area (Å²) in [5, 5.41) is 9.37. The number of amides is 1. The lowest BCUT2D eigenvalue weighted by Crippen LogP contribution is -2.38. The fourth-order valence-corrected chi connectivity index (χ4v) is 0.800. The van der Waals surface area contributed by atoms with Gasteiger partial charge in [0.15, 0.2) is 0 Å². The van der Waals surface area contributed by atoms with Crippen LogP contribution in [0.5, 0.6) is 0 Å². The van der Waals surface area contributed by atoms with Gasteiger partial charge in [0.25, 0.3) is 0 Å². The minimum Gasteiger partial charge on any atom is -0.480 e. The van der Waals surface area contributed by atoms with Crippen molar-refractivity contribution in [2.24, 2.45) is 0 Å². The maximum absolute atomic E-state index is 10.7. The van der Waals surface area contributed by atoms with Crippen molar-refractivity contribution in [1.29, 1.82) is 0 Å². The molecule has 0 unspecified atom stereocenters. The van der Waals surface area contributed by atoms with Crippen LogP contribution in [0.15, 0.2) is 0 Å². The lowest BCUT2D eigenvalue weighted by atomic mass is 10.4. The van der Waals surface area contributed by atoms with Gasteiger partial charge in [-0.25, -0.2) is 5.43 Å². The van der Waals surface area contributed by atoms with E-state index in [4.69, 9.17) is 5.11 Å². The van der Waals surface area contributed by atoms with Gasteiger partial charge in [-0.1, -0.05) is 0 Å². The molecule has 2 N–H and O–H groups in total. The monoisotopic (exact) mass is 144 g/mol. The number of carbonyl (C=O) groups is 2. The Balaban J connectivity index is 2.40. The normalized spacial score (nSPS) is 18.0. The number of nitrogens with zero attached hydrogens (tertiary/aromatic N) is 1. The van der Waals surface area contributed by atoms with Crippen LogP contribution in [0.3, 0.4) is 0 Å². The summed E-state index contributed by atoms with van der Waals surface area (Å²) in [5.41, 5.74) is 2.64. The largest absolute Gasteiger partial charge is 0.480 e. The first-order valence-electron chi connectivity index (χ1n) is 2.96. The fraction of sp³-hybridized carbons (Fsp3) is 0.600. The van der Waals surface area contributed by atoms with E-state index in [2.05, 4.69) is 5.43 Å². The van der Waals surface area contributed by atoms with Crippen LogP contribution in [0.4, 0.5) is 0 Å². The van der Waals surface area contributed by atoms with Crippen molar-refractivity contribution in [2.45, 2.75) is 6.42 Å². The molecule has 0 atom stereocenters. The quantitative estimate of drug-likeness (QED) is 0.511. The molecule has 0 saturated carbocycles. The van der Waals surface area contributed by atoms with Crippen LogP contribution < -0.4 is 5.43 Å². The minimum atomic E-state index is -0.997. The molecule has 0 aliphatic carbocycles. The summed E-state index contributed by atoms with van der Waals surface area (Å²) in [5.74, 6) is -1.15. The molecule has 1 saturated heterocycles. The van der Waals surface area contributed by atoms with Crippen molar-refractivity contribution in [2.75, 3.05) is 13.1 Å². The molecule has 1 rings (SSSR count). The molecule has 0 aromatic carbocycles. The van der Waals surface area contributed by atoms with Gasteiger partial charge in [0.1, 0.15) is 6.54 Å². The summed E-state index contributed by atoms with van der Waals surface area (Å²) < 4.78 is 0. The second-order valence-corrected chi connectivity index (χ2v) is 2.03. The van der Waals surface area contributed by atoms with Crippen molar-refractivity contribution >= 4 is 11.9 Å². The summed E-state index contributed by atoms with van der Waals surface area (Å²) in [6, 6.07) is 0. The zero-order valence-electron chi connectivity index (χ0n) is 5.33. The van der Waals surface area contributed by atoms with E-state index in [-0.39, 0.29) is 12.5 Å². The molecule has 1 heterocycles. The number of carboxylic acid groups (broad SMARTS) is 1. The lowest BCUT2D eigenvalue weighted by Gasteiger charge is -2.11. The standard InChI is InChI=1S/C5H8N2O3/c8-4-1-2-6-7(4)3-5(9)10/h6H,1-3H2,(H,9,10). The highest BCUT2D eigenvalue weighted by Gasteiger charge is 2.21. The smallest absolute Gasteiger partial charge is 0.324 e. The third-order valence-corrected chi connectivity index (χ3v) is 1.24. The number of nitrogens with one attached hydrogen (secondary N) is 1. The maximum Gasteiger partial charge on any atom is 0.324 e. The summed E-state index contributed by atoms with van der Waals surface area (Å²) in [4.78, 5) is 20.8. The molecule has 5 heteroatoms. The zero-order valence-corrected chi connectivity index (χ0v) is 5.33. The van der Waals surface area contributed by atoms with E-state index >= 15 is 0 Å². The molecular weight excluding hydrogens is 136 g/mol. The van der Waals surface area contributed by atoms with Gasteiger partial charge in [0, 0.05) is 13.0 Å². The van der Waals surface area contributed by atoms with Gasteiger partial charge in [-0.05, 0) is 0 Å². The predicted octanol–water partition coefficient (Wildman–Crippen LogP) is -1.19. The first-order chi connectivity index (χ1) is 4.70. The van der Waals surface area contributed by atoms with Crippen LogP contribution in [0, 0.1) is 0 Å². The number of hydrogen-bond donors (Lipinski definition) is 2. The number of carbonyl (C=O) groups excluding carboxylic acids is 1. The molecule has 0 radical (unpaired) electrons. The Morgan fingerprint density at radius 3 is 2.90 bits per heavy atom. The van der Waals surface area contributed by atoms with E-state index in [0.717, 1.165) is 5.01 Å². The number of rotatable bonds is 2. The van der Waals surface area contributed by atoms with Gasteiger partial charge in [-0.3, -0.25) is 14.6 Å². The van der Waals surface area contributed by atoms with Crippen molar-refractivity contribution < 1.29 is 14.7 Å². The molecule has 1 aliphatic heterocycles. The topological polar surface area (TPSA) is 69.6 Å². The second-order valence-electron chi connectivity index (χ2n) is 2.03. The van der Waals surface area contributed by atoms with Gasteiger partial charge in [0.05, 0.1) is 0 Å². The molecule has 1 amide bonds. The Hall–Kier alpha value is -1.10. The summed E-state index contributed by atoms with van der Waals surface area (Å²) >= 11 is 0. The van der Waals surface area contributed by atoms with E-state index in [9.17, 15) is 9.59 Å². The second kappa shape index (κ2) is 2.66. The van der Waals surface area contributed by atoms with Gasteiger partial charge >= 0.3 is 5.97 Å². The first-order valence-corrected chi connectivity index (χ1v) is 2.96. The molecule has 1 fully saturated rings. The minimum absolute atomic E-state index is 0.151. The summed E-state index contributed by atoms with van der Waals surface area (Å²) in [6.07, 6.45) is 0.396. The molecular formula is C5H8N2O3. The van der Waals surface area contributed by atoms with Crippen LogP contribution in [0.2, 0.25) is 0 Å². The molecule has 0 aromatic rings. The van der Waals surface area contributed by atoms with E-state index in [1.54, 1.807) is 0 Å².